The summed E-state index contributed by atoms with van der Waals surface area (Å²) in [5.41, 5.74) is 3.14. The zero-order valence-electron chi connectivity index (χ0n) is 17.1. The molecule has 0 radical (unpaired) electrons. The van der Waals surface area contributed by atoms with Crippen molar-refractivity contribution in [2.75, 3.05) is 29.6 Å². The molecular weight excluding hydrogens is 352 g/mol. The lowest BCUT2D eigenvalue weighted by atomic mass is 9.91. The van der Waals surface area contributed by atoms with Crippen LogP contribution >= 0.6 is 0 Å². The van der Waals surface area contributed by atoms with E-state index in [9.17, 15) is 4.79 Å². The highest BCUT2D eigenvalue weighted by molar-refractivity contribution is 5.90. The van der Waals surface area contributed by atoms with Gasteiger partial charge in [-0.2, -0.15) is 4.98 Å². The van der Waals surface area contributed by atoms with Crippen LogP contribution in [-0.4, -0.2) is 42.2 Å². The molecule has 1 aliphatic carbocycles. The van der Waals surface area contributed by atoms with E-state index in [-0.39, 0.29) is 12.1 Å². The van der Waals surface area contributed by atoms with Gasteiger partial charge in [0.1, 0.15) is 5.82 Å². The van der Waals surface area contributed by atoms with Gasteiger partial charge in [-0.25, -0.2) is 9.78 Å². The van der Waals surface area contributed by atoms with Gasteiger partial charge in [-0.05, 0) is 62.8 Å². The number of aromatic nitrogens is 2. The number of hydrogen-bond donors (Lipinski definition) is 3. The summed E-state index contributed by atoms with van der Waals surface area (Å²) in [6.07, 6.45) is 5.60. The van der Waals surface area contributed by atoms with Gasteiger partial charge < -0.3 is 20.9 Å². The number of nitrogens with one attached hydrogen (secondary N) is 3. The lowest BCUT2D eigenvalue weighted by Gasteiger charge is -2.30. The molecule has 7 heteroatoms. The minimum absolute atomic E-state index is 0.132. The minimum atomic E-state index is -0.132. The molecule has 0 spiro atoms. The van der Waals surface area contributed by atoms with E-state index < -0.39 is 0 Å². The van der Waals surface area contributed by atoms with Crippen LogP contribution in [0.4, 0.5) is 22.2 Å². The molecule has 1 heterocycles. The molecule has 2 aromatic rings. The number of benzene rings is 1. The van der Waals surface area contributed by atoms with E-state index in [4.69, 9.17) is 0 Å². The van der Waals surface area contributed by atoms with Gasteiger partial charge in [-0.15, -0.1) is 0 Å². The molecule has 0 saturated heterocycles. The smallest absolute Gasteiger partial charge is 0.319 e. The van der Waals surface area contributed by atoms with Crippen LogP contribution < -0.4 is 20.9 Å². The number of rotatable bonds is 5. The summed E-state index contributed by atoms with van der Waals surface area (Å²) < 4.78 is 0. The number of carbonyl (C=O) groups excluding carboxylic acids is 1. The number of amides is 2. The van der Waals surface area contributed by atoms with Crippen LogP contribution in [0.25, 0.3) is 0 Å². The first-order valence-corrected chi connectivity index (χ1v) is 9.83. The van der Waals surface area contributed by atoms with Gasteiger partial charge >= 0.3 is 6.03 Å². The fraction of sp³-hybridized carbons (Fsp3) is 0.476. The average molecular weight is 383 g/mol. The number of anilines is 3. The molecule has 0 atom stereocenters. The van der Waals surface area contributed by atoms with Gasteiger partial charge in [0.25, 0.3) is 0 Å². The van der Waals surface area contributed by atoms with Gasteiger partial charge in [0.15, 0.2) is 0 Å². The van der Waals surface area contributed by atoms with E-state index in [1.54, 1.807) is 6.20 Å². The van der Waals surface area contributed by atoms with Crippen molar-refractivity contribution in [3.63, 3.8) is 0 Å². The van der Waals surface area contributed by atoms with Crippen molar-refractivity contribution in [2.45, 2.75) is 51.6 Å². The third-order valence-electron chi connectivity index (χ3n) is 5.35. The summed E-state index contributed by atoms with van der Waals surface area (Å²) in [6.45, 7) is 4.07. The largest absolute Gasteiger partial charge is 0.363 e. The van der Waals surface area contributed by atoms with Crippen LogP contribution in [0, 0.1) is 13.8 Å². The second-order valence-corrected chi connectivity index (χ2v) is 7.67. The first kappa shape index (κ1) is 19.9. The third kappa shape index (κ3) is 5.12. The summed E-state index contributed by atoms with van der Waals surface area (Å²) in [5.74, 6) is 1.55. The molecule has 1 aromatic heterocycles. The molecule has 1 aliphatic rings. The maximum atomic E-state index is 12.4. The van der Waals surface area contributed by atoms with Crippen LogP contribution in [-0.2, 0) is 0 Å². The fourth-order valence-electron chi connectivity index (χ4n) is 3.46. The zero-order chi connectivity index (χ0) is 20.1. The Bertz CT molecular complexity index is 814. The molecular formula is C21H30N6O. The first-order valence-electron chi connectivity index (χ1n) is 9.83. The highest BCUT2D eigenvalue weighted by atomic mass is 16.2. The average Bonchev–Trinajstić information content (AvgIpc) is 2.67. The summed E-state index contributed by atoms with van der Waals surface area (Å²) in [7, 11) is 3.93. The fourth-order valence-corrected chi connectivity index (χ4v) is 3.46. The Labute approximate surface area is 167 Å². The Hall–Kier alpha value is -2.83. The summed E-state index contributed by atoms with van der Waals surface area (Å²) in [6, 6.07) is 8.22. The second-order valence-electron chi connectivity index (χ2n) is 7.67. The SMILES string of the molecule is Cc1cccc(NC(=O)NC2CCC(Nc3nccc(N(C)C)n3)CC2)c1C. The predicted octanol–water partition coefficient (Wildman–Crippen LogP) is 3.70. The molecule has 0 aliphatic heterocycles. The molecule has 1 aromatic carbocycles. The maximum Gasteiger partial charge on any atom is 0.319 e. The van der Waals surface area contributed by atoms with Crippen LogP contribution in [0.5, 0.6) is 0 Å². The highest BCUT2D eigenvalue weighted by Crippen LogP contribution is 2.22. The van der Waals surface area contributed by atoms with E-state index in [1.807, 2.05) is 57.1 Å². The van der Waals surface area contributed by atoms with Crippen LogP contribution in [0.15, 0.2) is 30.5 Å². The molecule has 1 fully saturated rings. The number of aryl methyl sites for hydroxylation is 1. The Morgan fingerprint density at radius 2 is 1.79 bits per heavy atom. The van der Waals surface area contributed by atoms with Gasteiger partial charge in [-0.1, -0.05) is 12.1 Å². The lowest BCUT2D eigenvalue weighted by Crippen LogP contribution is -2.42. The molecule has 3 N–H and O–H groups in total. The molecule has 150 valence electrons. The van der Waals surface area contributed by atoms with E-state index in [0.29, 0.717) is 12.0 Å². The summed E-state index contributed by atoms with van der Waals surface area (Å²) in [5, 5.41) is 9.51. The summed E-state index contributed by atoms with van der Waals surface area (Å²) in [4.78, 5) is 23.2. The number of carbonyl (C=O) groups is 1. The van der Waals surface area contributed by atoms with Crippen molar-refractivity contribution in [1.29, 1.82) is 0 Å². The van der Waals surface area contributed by atoms with Crippen molar-refractivity contribution < 1.29 is 4.79 Å². The molecule has 2 amide bonds. The van der Waals surface area contributed by atoms with Crippen molar-refractivity contribution in [2.24, 2.45) is 0 Å². The van der Waals surface area contributed by atoms with Gasteiger partial charge in [-0.3, -0.25) is 0 Å². The minimum Gasteiger partial charge on any atom is -0.363 e. The zero-order valence-corrected chi connectivity index (χ0v) is 17.1. The Morgan fingerprint density at radius 1 is 1.07 bits per heavy atom. The van der Waals surface area contributed by atoms with Crippen molar-refractivity contribution in [3.8, 4) is 0 Å². The van der Waals surface area contributed by atoms with Crippen LogP contribution in [0.3, 0.4) is 0 Å². The quantitative estimate of drug-likeness (QED) is 0.734. The molecule has 7 nitrogen and oxygen atoms in total. The molecule has 0 bridgehead atoms. The third-order valence-corrected chi connectivity index (χ3v) is 5.35. The van der Waals surface area contributed by atoms with Crippen molar-refractivity contribution in [3.05, 3.63) is 41.6 Å². The Kier molecular flexibility index (Phi) is 6.34. The molecule has 28 heavy (non-hydrogen) atoms. The predicted molar refractivity (Wildman–Crippen MR) is 114 cm³/mol. The Balaban J connectivity index is 1.47. The number of hydrogen-bond acceptors (Lipinski definition) is 5. The van der Waals surface area contributed by atoms with Crippen molar-refractivity contribution >= 4 is 23.5 Å². The van der Waals surface area contributed by atoms with Crippen molar-refractivity contribution in [1.82, 2.24) is 15.3 Å². The normalized spacial score (nSPS) is 19.0. The van der Waals surface area contributed by atoms with E-state index in [1.165, 1.54) is 5.56 Å². The maximum absolute atomic E-state index is 12.4. The van der Waals surface area contributed by atoms with Crippen LogP contribution in [0.2, 0.25) is 0 Å². The monoisotopic (exact) mass is 382 g/mol. The number of urea groups is 1. The number of nitrogens with zero attached hydrogens (tertiary/aromatic N) is 3. The Morgan fingerprint density at radius 3 is 2.50 bits per heavy atom. The molecule has 0 unspecified atom stereocenters. The molecule has 3 rings (SSSR count). The van der Waals surface area contributed by atoms with Gasteiger partial charge in [0.05, 0.1) is 0 Å². The summed E-state index contributed by atoms with van der Waals surface area (Å²) >= 11 is 0. The lowest BCUT2D eigenvalue weighted by molar-refractivity contribution is 0.243. The standard InChI is InChI=1S/C21H30N6O/c1-14-6-5-7-18(15(14)2)25-21(28)24-17-10-8-16(9-11-17)23-20-22-13-12-19(26-20)27(3)4/h5-7,12-13,16-17H,8-11H2,1-4H3,(H,22,23,26)(H2,24,25,28). The van der Waals surface area contributed by atoms with Gasteiger partial charge in [0.2, 0.25) is 5.95 Å². The van der Waals surface area contributed by atoms with E-state index in [2.05, 4.69) is 25.9 Å². The highest BCUT2D eigenvalue weighted by Gasteiger charge is 2.23. The molecule has 1 saturated carbocycles. The van der Waals surface area contributed by atoms with E-state index >= 15 is 0 Å². The second kappa shape index (κ2) is 8.91. The topological polar surface area (TPSA) is 82.2 Å². The van der Waals surface area contributed by atoms with E-state index in [0.717, 1.165) is 42.8 Å². The first-order chi connectivity index (χ1) is 13.4. The van der Waals surface area contributed by atoms with Gasteiger partial charge in [0, 0.05) is 38.1 Å². The van der Waals surface area contributed by atoms with Crippen LogP contribution in [0.1, 0.15) is 36.8 Å².